The summed E-state index contributed by atoms with van der Waals surface area (Å²) in [6.07, 6.45) is 1.61. The molecule has 0 aliphatic heterocycles. The van der Waals surface area contributed by atoms with E-state index in [4.69, 9.17) is 15.0 Å². The molecule has 16 heavy (non-hydrogen) atoms. The monoisotopic (exact) mass is 223 g/mol. The van der Waals surface area contributed by atoms with Crippen LogP contribution in [0, 0.1) is 0 Å². The molecule has 0 spiro atoms. The van der Waals surface area contributed by atoms with Crippen molar-refractivity contribution in [2.24, 2.45) is 5.73 Å². The molecule has 2 aromatic heterocycles. The molecule has 1 atom stereocenters. The number of ether oxygens (including phenoxy) is 1. The van der Waals surface area contributed by atoms with E-state index in [2.05, 4.69) is 20.3 Å². The van der Waals surface area contributed by atoms with Crippen LogP contribution < -0.4 is 5.73 Å². The molecule has 2 aromatic rings. The number of rotatable bonds is 5. The van der Waals surface area contributed by atoms with Crippen molar-refractivity contribution in [1.29, 1.82) is 0 Å². The van der Waals surface area contributed by atoms with Crippen LogP contribution in [-0.4, -0.2) is 33.6 Å². The van der Waals surface area contributed by atoms with Crippen molar-refractivity contribution >= 4 is 0 Å². The summed E-state index contributed by atoms with van der Waals surface area (Å²) in [6, 6.07) is 1.37. The predicted molar refractivity (Wildman–Crippen MR) is 55.3 cm³/mol. The first kappa shape index (κ1) is 10.8. The molecule has 0 aliphatic carbocycles. The lowest BCUT2D eigenvalue weighted by Gasteiger charge is -2.05. The number of nitrogens with two attached hydrogens (primary N) is 1. The molecule has 0 saturated carbocycles. The normalized spacial score (nSPS) is 12.9. The molecule has 0 fully saturated rings. The maximum atomic E-state index is 5.81. The van der Waals surface area contributed by atoms with Crippen LogP contribution in [0.4, 0.5) is 0 Å². The van der Waals surface area contributed by atoms with Crippen LogP contribution in [0.15, 0.2) is 16.8 Å². The summed E-state index contributed by atoms with van der Waals surface area (Å²) in [5, 5.41) is 10.3. The third-order valence-corrected chi connectivity index (χ3v) is 2.01. The highest BCUT2D eigenvalue weighted by Gasteiger charge is 2.15. The summed E-state index contributed by atoms with van der Waals surface area (Å²) in [5.74, 6) is 0.803. The number of H-pyrrole nitrogens is 1. The van der Waals surface area contributed by atoms with Crippen LogP contribution >= 0.6 is 0 Å². The predicted octanol–water partition coefficient (Wildman–Crippen LogP) is 0.496. The average Bonchev–Trinajstić information content (AvgIpc) is 2.94. The molecule has 0 aromatic carbocycles. The van der Waals surface area contributed by atoms with Crippen LogP contribution in [0.1, 0.15) is 18.8 Å². The van der Waals surface area contributed by atoms with E-state index in [0.717, 1.165) is 0 Å². The molecule has 0 bridgehead atoms. The third-order valence-electron chi connectivity index (χ3n) is 2.01. The summed E-state index contributed by atoms with van der Waals surface area (Å²) >= 11 is 0. The summed E-state index contributed by atoms with van der Waals surface area (Å²) in [6.45, 7) is 2.89. The van der Waals surface area contributed by atoms with Gasteiger partial charge in [0.25, 0.3) is 5.89 Å². The minimum Gasteiger partial charge on any atom is -0.380 e. The Morgan fingerprint density at radius 2 is 2.50 bits per heavy atom. The zero-order chi connectivity index (χ0) is 11.4. The van der Waals surface area contributed by atoms with Gasteiger partial charge in [0.15, 0.2) is 5.82 Å². The molecule has 0 amide bonds. The van der Waals surface area contributed by atoms with E-state index >= 15 is 0 Å². The van der Waals surface area contributed by atoms with Crippen molar-refractivity contribution < 1.29 is 9.26 Å². The van der Waals surface area contributed by atoms with Gasteiger partial charge in [0.1, 0.15) is 5.69 Å². The number of nitrogens with one attached hydrogen (secondary N) is 1. The van der Waals surface area contributed by atoms with Gasteiger partial charge < -0.3 is 15.0 Å². The van der Waals surface area contributed by atoms with Gasteiger partial charge in [-0.15, -0.1) is 0 Å². The lowest BCUT2D eigenvalue weighted by Crippen LogP contribution is -2.18. The van der Waals surface area contributed by atoms with Crippen LogP contribution in [0.3, 0.4) is 0 Å². The highest BCUT2D eigenvalue weighted by molar-refractivity contribution is 5.44. The largest absolute Gasteiger partial charge is 0.380 e. The van der Waals surface area contributed by atoms with E-state index < -0.39 is 0 Å². The zero-order valence-electron chi connectivity index (χ0n) is 8.88. The van der Waals surface area contributed by atoms with Crippen molar-refractivity contribution in [2.45, 2.75) is 13.0 Å². The first-order valence-corrected chi connectivity index (χ1v) is 4.98. The second kappa shape index (κ2) is 4.86. The van der Waals surface area contributed by atoms with E-state index in [1.165, 1.54) is 0 Å². The van der Waals surface area contributed by atoms with Gasteiger partial charge in [0.05, 0.1) is 12.6 Å². The van der Waals surface area contributed by atoms with Crippen LogP contribution in [0.2, 0.25) is 0 Å². The Bertz CT molecular complexity index is 425. The molecule has 0 aliphatic rings. The van der Waals surface area contributed by atoms with Gasteiger partial charge >= 0.3 is 0 Å². The summed E-state index contributed by atoms with van der Waals surface area (Å²) in [7, 11) is 0. The Hall–Kier alpha value is -1.73. The molecule has 2 rings (SSSR count). The van der Waals surface area contributed by atoms with Gasteiger partial charge in [0, 0.05) is 12.8 Å². The molecule has 7 heteroatoms. The molecule has 7 nitrogen and oxygen atoms in total. The lowest BCUT2D eigenvalue weighted by atomic mass is 10.3. The zero-order valence-corrected chi connectivity index (χ0v) is 8.88. The topological polar surface area (TPSA) is 103 Å². The number of hydrogen-bond donors (Lipinski definition) is 2. The van der Waals surface area contributed by atoms with Crippen molar-refractivity contribution in [3.63, 3.8) is 0 Å². The minimum absolute atomic E-state index is 0.373. The Labute approximate surface area is 92.0 Å². The molecule has 1 unspecified atom stereocenters. The van der Waals surface area contributed by atoms with Crippen molar-refractivity contribution in [3.8, 4) is 11.6 Å². The highest BCUT2D eigenvalue weighted by Crippen LogP contribution is 2.15. The number of aromatic amines is 1. The fourth-order valence-corrected chi connectivity index (χ4v) is 1.19. The Morgan fingerprint density at radius 1 is 1.62 bits per heavy atom. The molecular formula is C9H13N5O2. The van der Waals surface area contributed by atoms with E-state index in [-0.39, 0.29) is 6.04 Å². The van der Waals surface area contributed by atoms with E-state index in [1.807, 2.05) is 6.92 Å². The molecule has 0 radical (unpaired) electrons. The smallest absolute Gasteiger partial charge is 0.275 e. The maximum absolute atomic E-state index is 5.81. The first-order chi connectivity index (χ1) is 7.81. The lowest BCUT2D eigenvalue weighted by molar-refractivity contribution is 0.130. The van der Waals surface area contributed by atoms with E-state index in [9.17, 15) is 0 Å². The van der Waals surface area contributed by atoms with Gasteiger partial charge in [-0.3, -0.25) is 5.10 Å². The average molecular weight is 223 g/mol. The van der Waals surface area contributed by atoms with Gasteiger partial charge in [-0.05, 0) is 13.0 Å². The highest BCUT2D eigenvalue weighted by atomic mass is 16.5. The maximum Gasteiger partial charge on any atom is 0.275 e. The van der Waals surface area contributed by atoms with Gasteiger partial charge in [-0.25, -0.2) is 0 Å². The standard InChI is InChI=1S/C9H13N5O2/c1-2-15-5-6(10)8-12-9(16-14-8)7-3-4-11-13-7/h3-4,6H,2,5,10H2,1H3,(H,11,13). The van der Waals surface area contributed by atoms with Gasteiger partial charge in [-0.1, -0.05) is 5.16 Å². The fraction of sp³-hybridized carbons (Fsp3) is 0.444. The minimum atomic E-state index is -0.375. The Morgan fingerprint density at radius 3 is 3.19 bits per heavy atom. The Balaban J connectivity index is 2.07. The SMILES string of the molecule is CCOCC(N)c1noc(-c2ccn[nH]2)n1. The quantitative estimate of drug-likeness (QED) is 0.764. The third kappa shape index (κ3) is 2.26. The summed E-state index contributed by atoms with van der Waals surface area (Å²) < 4.78 is 10.2. The van der Waals surface area contributed by atoms with Crippen molar-refractivity contribution in [2.75, 3.05) is 13.2 Å². The van der Waals surface area contributed by atoms with Crippen LogP contribution in [0.25, 0.3) is 11.6 Å². The van der Waals surface area contributed by atoms with E-state index in [0.29, 0.717) is 30.6 Å². The molecular weight excluding hydrogens is 210 g/mol. The summed E-state index contributed by atoms with van der Waals surface area (Å²) in [4.78, 5) is 4.15. The fourth-order valence-electron chi connectivity index (χ4n) is 1.19. The number of nitrogens with zero attached hydrogens (tertiary/aromatic N) is 3. The molecule has 0 saturated heterocycles. The molecule has 86 valence electrons. The van der Waals surface area contributed by atoms with E-state index in [1.54, 1.807) is 12.3 Å². The number of aromatic nitrogens is 4. The summed E-state index contributed by atoms with van der Waals surface area (Å²) in [5.41, 5.74) is 6.48. The second-order valence-electron chi connectivity index (χ2n) is 3.19. The first-order valence-electron chi connectivity index (χ1n) is 4.98. The van der Waals surface area contributed by atoms with Gasteiger partial charge in [-0.2, -0.15) is 10.1 Å². The molecule has 2 heterocycles. The van der Waals surface area contributed by atoms with Crippen molar-refractivity contribution in [1.82, 2.24) is 20.3 Å². The van der Waals surface area contributed by atoms with Crippen LogP contribution in [-0.2, 0) is 4.74 Å². The van der Waals surface area contributed by atoms with Crippen LogP contribution in [0.5, 0.6) is 0 Å². The van der Waals surface area contributed by atoms with Crippen molar-refractivity contribution in [3.05, 3.63) is 18.1 Å². The second-order valence-corrected chi connectivity index (χ2v) is 3.19. The van der Waals surface area contributed by atoms with Gasteiger partial charge in [0.2, 0.25) is 0 Å². The molecule has 3 N–H and O–H groups in total. The number of hydrogen-bond acceptors (Lipinski definition) is 6. The Kier molecular flexibility index (Phi) is 3.28.